The van der Waals surface area contributed by atoms with Gasteiger partial charge in [-0.05, 0) is 31.4 Å². The molecular formula is C13H15N3O3. The molecule has 6 nitrogen and oxygen atoms in total. The highest BCUT2D eigenvalue weighted by molar-refractivity contribution is 5.59. The lowest BCUT2D eigenvalue weighted by Crippen LogP contribution is -2.45. The average Bonchev–Trinajstić information content (AvgIpc) is 2.37. The fourth-order valence-corrected chi connectivity index (χ4v) is 2.17. The summed E-state index contributed by atoms with van der Waals surface area (Å²) in [5.74, 6) is 0. The molecule has 1 aromatic carbocycles. The van der Waals surface area contributed by atoms with Crippen LogP contribution in [0.4, 0.5) is 11.4 Å². The standard InChI is InChI=1S/C13H15N3O3/c1-19-13(5-2-6-13)9-15-11-4-3-10(8-14)12(7-11)16(17)18/h3-4,7,15H,2,5-6,9H2,1H3. The van der Waals surface area contributed by atoms with Crippen LogP contribution in [0.2, 0.25) is 0 Å². The third-order valence-electron chi connectivity index (χ3n) is 3.63. The highest BCUT2D eigenvalue weighted by Gasteiger charge is 2.36. The Labute approximate surface area is 111 Å². The van der Waals surface area contributed by atoms with E-state index in [9.17, 15) is 10.1 Å². The molecule has 0 saturated heterocycles. The number of ether oxygens (including phenoxy) is 1. The largest absolute Gasteiger partial charge is 0.382 e. The zero-order valence-electron chi connectivity index (χ0n) is 10.7. The van der Waals surface area contributed by atoms with Gasteiger partial charge in [-0.3, -0.25) is 10.1 Å². The van der Waals surface area contributed by atoms with Crippen LogP contribution < -0.4 is 5.32 Å². The second kappa shape index (κ2) is 5.24. The smallest absolute Gasteiger partial charge is 0.289 e. The van der Waals surface area contributed by atoms with E-state index < -0.39 is 4.92 Å². The second-order valence-corrected chi connectivity index (χ2v) is 4.70. The van der Waals surface area contributed by atoms with E-state index in [-0.39, 0.29) is 16.9 Å². The first-order valence-corrected chi connectivity index (χ1v) is 6.08. The van der Waals surface area contributed by atoms with Crippen molar-refractivity contribution in [3.05, 3.63) is 33.9 Å². The Morgan fingerprint density at radius 1 is 1.58 bits per heavy atom. The van der Waals surface area contributed by atoms with Crippen LogP contribution in [-0.2, 0) is 4.74 Å². The lowest BCUT2D eigenvalue weighted by molar-refractivity contribution is -0.385. The van der Waals surface area contributed by atoms with Crippen LogP contribution in [0.3, 0.4) is 0 Å². The Balaban J connectivity index is 2.11. The van der Waals surface area contributed by atoms with Crippen LogP contribution >= 0.6 is 0 Å². The van der Waals surface area contributed by atoms with Gasteiger partial charge in [0.05, 0.1) is 10.5 Å². The van der Waals surface area contributed by atoms with Crippen molar-refractivity contribution >= 4 is 11.4 Å². The summed E-state index contributed by atoms with van der Waals surface area (Å²) in [4.78, 5) is 10.3. The summed E-state index contributed by atoms with van der Waals surface area (Å²) < 4.78 is 5.47. The molecule has 0 amide bonds. The van der Waals surface area contributed by atoms with Gasteiger partial charge in [-0.15, -0.1) is 0 Å². The average molecular weight is 261 g/mol. The molecular weight excluding hydrogens is 246 g/mol. The molecule has 1 fully saturated rings. The zero-order valence-corrected chi connectivity index (χ0v) is 10.7. The maximum absolute atomic E-state index is 10.9. The number of rotatable bonds is 5. The number of benzene rings is 1. The minimum absolute atomic E-state index is 0.0700. The molecule has 0 unspecified atom stereocenters. The van der Waals surface area contributed by atoms with Gasteiger partial charge in [0, 0.05) is 25.4 Å². The van der Waals surface area contributed by atoms with Crippen molar-refractivity contribution in [1.29, 1.82) is 5.26 Å². The van der Waals surface area contributed by atoms with Gasteiger partial charge in [-0.2, -0.15) is 5.26 Å². The Morgan fingerprint density at radius 3 is 2.79 bits per heavy atom. The molecule has 1 saturated carbocycles. The minimum atomic E-state index is -0.542. The summed E-state index contributed by atoms with van der Waals surface area (Å²) in [5.41, 5.74) is 0.380. The van der Waals surface area contributed by atoms with Gasteiger partial charge in [-0.1, -0.05) is 0 Å². The molecule has 1 N–H and O–H groups in total. The van der Waals surface area contributed by atoms with Gasteiger partial charge in [-0.25, -0.2) is 0 Å². The molecule has 0 bridgehead atoms. The maximum Gasteiger partial charge on any atom is 0.289 e. The van der Waals surface area contributed by atoms with E-state index in [1.54, 1.807) is 13.2 Å². The lowest BCUT2D eigenvalue weighted by Gasteiger charge is -2.40. The van der Waals surface area contributed by atoms with E-state index in [1.807, 2.05) is 6.07 Å². The molecule has 1 aliphatic rings. The first-order chi connectivity index (χ1) is 9.10. The summed E-state index contributed by atoms with van der Waals surface area (Å²) in [6.07, 6.45) is 3.13. The number of anilines is 1. The second-order valence-electron chi connectivity index (χ2n) is 4.70. The Bertz CT molecular complexity index is 527. The number of nitrogens with one attached hydrogen (secondary N) is 1. The monoisotopic (exact) mass is 261 g/mol. The molecule has 0 spiro atoms. The topological polar surface area (TPSA) is 88.2 Å². The molecule has 0 aromatic heterocycles. The third-order valence-corrected chi connectivity index (χ3v) is 3.63. The van der Waals surface area contributed by atoms with Crippen molar-refractivity contribution in [1.82, 2.24) is 0 Å². The number of nitro benzene ring substituents is 1. The van der Waals surface area contributed by atoms with Gasteiger partial charge in [0.25, 0.3) is 5.69 Å². The molecule has 0 aliphatic heterocycles. The van der Waals surface area contributed by atoms with Crippen molar-refractivity contribution in [2.24, 2.45) is 0 Å². The predicted octanol–water partition coefficient (Wildman–Crippen LogP) is 2.45. The van der Waals surface area contributed by atoms with Gasteiger partial charge < -0.3 is 10.1 Å². The first kappa shape index (κ1) is 13.3. The zero-order chi connectivity index (χ0) is 13.9. The van der Waals surface area contributed by atoms with Gasteiger partial charge in [0.15, 0.2) is 0 Å². The quantitative estimate of drug-likeness (QED) is 0.649. The van der Waals surface area contributed by atoms with Crippen molar-refractivity contribution in [2.75, 3.05) is 19.0 Å². The Morgan fingerprint density at radius 2 is 2.32 bits per heavy atom. The van der Waals surface area contributed by atoms with Crippen molar-refractivity contribution in [3.8, 4) is 6.07 Å². The van der Waals surface area contributed by atoms with E-state index >= 15 is 0 Å². The normalized spacial score (nSPS) is 16.2. The highest BCUT2D eigenvalue weighted by Crippen LogP contribution is 2.35. The third kappa shape index (κ3) is 2.66. The van der Waals surface area contributed by atoms with Crippen molar-refractivity contribution in [3.63, 3.8) is 0 Å². The fraction of sp³-hybridized carbons (Fsp3) is 0.462. The number of methoxy groups -OCH3 is 1. The molecule has 19 heavy (non-hydrogen) atoms. The highest BCUT2D eigenvalue weighted by atomic mass is 16.6. The van der Waals surface area contributed by atoms with E-state index in [0.29, 0.717) is 12.2 Å². The molecule has 100 valence electrons. The maximum atomic E-state index is 10.9. The van der Waals surface area contributed by atoms with Crippen LogP contribution in [0, 0.1) is 21.4 Å². The Hall–Kier alpha value is -2.13. The molecule has 6 heteroatoms. The van der Waals surface area contributed by atoms with Crippen LogP contribution in [0.1, 0.15) is 24.8 Å². The molecule has 0 atom stereocenters. The van der Waals surface area contributed by atoms with E-state index in [4.69, 9.17) is 10.00 Å². The first-order valence-electron chi connectivity index (χ1n) is 6.08. The number of nitriles is 1. The molecule has 0 heterocycles. The molecule has 1 aliphatic carbocycles. The summed E-state index contributed by atoms with van der Waals surface area (Å²) in [6.45, 7) is 0.618. The number of hydrogen-bond acceptors (Lipinski definition) is 5. The fourth-order valence-electron chi connectivity index (χ4n) is 2.17. The van der Waals surface area contributed by atoms with Crippen molar-refractivity contribution in [2.45, 2.75) is 24.9 Å². The summed E-state index contributed by atoms with van der Waals surface area (Å²) >= 11 is 0. The number of hydrogen-bond donors (Lipinski definition) is 1. The SMILES string of the molecule is COC1(CNc2ccc(C#N)c([N+](=O)[O-])c2)CCC1. The summed E-state index contributed by atoms with van der Waals surface area (Å²) in [7, 11) is 1.68. The predicted molar refractivity (Wildman–Crippen MR) is 69.9 cm³/mol. The number of nitro groups is 1. The van der Waals surface area contributed by atoms with E-state index in [0.717, 1.165) is 19.3 Å². The van der Waals surface area contributed by atoms with E-state index in [1.165, 1.54) is 12.1 Å². The van der Waals surface area contributed by atoms with Crippen LogP contribution in [-0.4, -0.2) is 24.2 Å². The summed E-state index contributed by atoms with van der Waals surface area (Å²) in [5, 5.41) is 22.8. The van der Waals surface area contributed by atoms with Gasteiger partial charge in [0.2, 0.25) is 0 Å². The van der Waals surface area contributed by atoms with Gasteiger partial charge in [0.1, 0.15) is 11.6 Å². The van der Waals surface area contributed by atoms with Gasteiger partial charge >= 0.3 is 0 Å². The number of nitrogens with zero attached hydrogens (tertiary/aromatic N) is 2. The molecule has 0 radical (unpaired) electrons. The Kier molecular flexibility index (Phi) is 3.67. The van der Waals surface area contributed by atoms with Crippen LogP contribution in [0.15, 0.2) is 18.2 Å². The van der Waals surface area contributed by atoms with E-state index in [2.05, 4.69) is 5.32 Å². The van der Waals surface area contributed by atoms with Crippen LogP contribution in [0.5, 0.6) is 0 Å². The molecule has 2 rings (SSSR count). The van der Waals surface area contributed by atoms with Crippen molar-refractivity contribution < 1.29 is 9.66 Å². The van der Waals surface area contributed by atoms with Crippen LogP contribution in [0.25, 0.3) is 0 Å². The lowest BCUT2D eigenvalue weighted by atomic mass is 9.80. The molecule has 1 aromatic rings. The summed E-state index contributed by atoms with van der Waals surface area (Å²) in [6, 6.07) is 6.34. The minimum Gasteiger partial charge on any atom is -0.382 e.